The molecule has 38 heavy (non-hydrogen) atoms. The molecular weight excluding hydrogens is 571 g/mol. The quantitative estimate of drug-likeness (QED) is 0.209. The summed E-state index contributed by atoms with van der Waals surface area (Å²) in [6, 6.07) is 11.2. The smallest absolute Gasteiger partial charge is 0.423 e. The second-order valence-corrected chi connectivity index (χ2v) is 8.85. The van der Waals surface area contributed by atoms with Gasteiger partial charge in [0.15, 0.2) is 0 Å². The van der Waals surface area contributed by atoms with Crippen molar-refractivity contribution in [2.75, 3.05) is 0 Å². The standard InChI is InChI=1S/C13H11F2NO.C7H8BFO2.C6H5BrFNO/c1-8-2-3-11(14)10(4-8)9-5-12(15)13(7-17)16-6-9;1-5-2-3-7(9)6(4-5)8(10)11;7-4-1-5(8)6(3-10)9-2-4/h2-6,17H,7H2,1H3;2-4,10-11H,1H3;1-2,10H,3H2. The summed E-state index contributed by atoms with van der Waals surface area (Å²) in [4.78, 5) is 7.38. The van der Waals surface area contributed by atoms with Crippen LogP contribution in [0.1, 0.15) is 22.5 Å². The van der Waals surface area contributed by atoms with Gasteiger partial charge in [-0.2, -0.15) is 0 Å². The van der Waals surface area contributed by atoms with Crippen molar-refractivity contribution in [3.8, 4) is 11.1 Å². The van der Waals surface area contributed by atoms with E-state index < -0.39 is 37.0 Å². The summed E-state index contributed by atoms with van der Waals surface area (Å²) >= 11 is 3.04. The van der Waals surface area contributed by atoms with Gasteiger partial charge in [0.2, 0.25) is 0 Å². The second kappa shape index (κ2) is 14.7. The molecule has 0 aliphatic rings. The highest BCUT2D eigenvalue weighted by Gasteiger charge is 2.15. The van der Waals surface area contributed by atoms with E-state index in [1.807, 2.05) is 6.92 Å². The van der Waals surface area contributed by atoms with Crippen LogP contribution in [0.2, 0.25) is 0 Å². The van der Waals surface area contributed by atoms with Gasteiger partial charge in [-0.3, -0.25) is 9.97 Å². The summed E-state index contributed by atoms with van der Waals surface area (Å²) in [5, 5.41) is 34.6. The van der Waals surface area contributed by atoms with Crippen LogP contribution in [-0.4, -0.2) is 37.3 Å². The fourth-order valence-electron chi connectivity index (χ4n) is 3.01. The number of halogens is 5. The van der Waals surface area contributed by atoms with E-state index in [1.165, 1.54) is 42.7 Å². The van der Waals surface area contributed by atoms with Crippen molar-refractivity contribution in [1.82, 2.24) is 9.97 Å². The highest BCUT2D eigenvalue weighted by atomic mass is 79.9. The molecule has 0 amide bonds. The summed E-state index contributed by atoms with van der Waals surface area (Å²) in [5.74, 6) is -2.14. The van der Waals surface area contributed by atoms with Crippen LogP contribution >= 0.6 is 15.9 Å². The Morgan fingerprint density at radius 2 is 1.24 bits per heavy atom. The van der Waals surface area contributed by atoms with Gasteiger partial charge in [-0.15, -0.1) is 0 Å². The third-order valence-corrected chi connectivity index (χ3v) is 5.40. The molecule has 0 radical (unpaired) electrons. The highest BCUT2D eigenvalue weighted by Crippen LogP contribution is 2.24. The largest absolute Gasteiger partial charge is 0.491 e. The van der Waals surface area contributed by atoms with Gasteiger partial charge in [0.05, 0.1) is 13.2 Å². The van der Waals surface area contributed by atoms with Crippen LogP contribution < -0.4 is 5.46 Å². The number of aryl methyl sites for hydroxylation is 2. The van der Waals surface area contributed by atoms with Crippen molar-refractivity contribution < 1.29 is 37.8 Å². The molecule has 0 fully saturated rings. The molecule has 4 aromatic rings. The summed E-state index contributed by atoms with van der Waals surface area (Å²) in [5.41, 5.74) is 2.30. The number of aliphatic hydroxyl groups excluding tert-OH is 2. The van der Waals surface area contributed by atoms with Crippen LogP contribution in [0.4, 0.5) is 17.6 Å². The predicted octanol–water partition coefficient (Wildman–Crippen LogP) is 4.12. The van der Waals surface area contributed by atoms with Crippen LogP contribution in [0.5, 0.6) is 0 Å². The normalized spacial score (nSPS) is 10.2. The molecule has 4 N–H and O–H groups in total. The third-order valence-electron chi connectivity index (χ3n) is 4.96. The fraction of sp³-hybridized carbons (Fsp3) is 0.154. The Balaban J connectivity index is 0.000000211. The van der Waals surface area contributed by atoms with E-state index in [0.717, 1.165) is 11.1 Å². The van der Waals surface area contributed by atoms with Gasteiger partial charge in [-0.25, -0.2) is 17.6 Å². The number of aromatic nitrogens is 2. The van der Waals surface area contributed by atoms with Crippen LogP contribution in [0.25, 0.3) is 11.1 Å². The lowest BCUT2D eigenvalue weighted by molar-refractivity contribution is 0.269. The Labute approximate surface area is 225 Å². The number of benzene rings is 2. The van der Waals surface area contributed by atoms with Crippen LogP contribution in [0.15, 0.2) is 65.4 Å². The van der Waals surface area contributed by atoms with Gasteiger partial charge >= 0.3 is 7.12 Å². The maximum Gasteiger partial charge on any atom is 0.491 e. The zero-order valence-electron chi connectivity index (χ0n) is 20.3. The first-order valence-electron chi connectivity index (χ1n) is 11.0. The Hall–Kier alpha value is -3.16. The van der Waals surface area contributed by atoms with Gasteiger partial charge in [0, 0.05) is 33.5 Å². The van der Waals surface area contributed by atoms with E-state index >= 15 is 0 Å². The molecule has 2 aromatic carbocycles. The molecule has 0 saturated carbocycles. The Bertz CT molecular complexity index is 1380. The van der Waals surface area contributed by atoms with E-state index in [4.69, 9.17) is 20.3 Å². The molecule has 0 unspecified atom stereocenters. The molecule has 0 atom stereocenters. The minimum Gasteiger partial charge on any atom is -0.423 e. The molecule has 0 aliphatic carbocycles. The number of rotatable bonds is 4. The summed E-state index contributed by atoms with van der Waals surface area (Å²) in [7, 11) is -1.73. The number of hydrogen-bond donors (Lipinski definition) is 4. The van der Waals surface area contributed by atoms with Gasteiger partial charge < -0.3 is 20.3 Å². The monoisotopic (exact) mass is 594 g/mol. The van der Waals surface area contributed by atoms with E-state index in [-0.39, 0.29) is 23.5 Å². The maximum absolute atomic E-state index is 13.6. The van der Waals surface area contributed by atoms with Crippen LogP contribution in [-0.2, 0) is 13.2 Å². The second-order valence-electron chi connectivity index (χ2n) is 7.93. The predicted molar refractivity (Wildman–Crippen MR) is 139 cm³/mol. The molecule has 200 valence electrons. The Morgan fingerprint density at radius 3 is 1.74 bits per heavy atom. The van der Waals surface area contributed by atoms with Crippen molar-refractivity contribution in [3.05, 3.63) is 111 Å². The van der Waals surface area contributed by atoms with Crippen molar-refractivity contribution in [2.45, 2.75) is 27.1 Å². The summed E-state index contributed by atoms with van der Waals surface area (Å²) in [6.07, 6.45) is 2.79. The van der Waals surface area contributed by atoms with Crippen LogP contribution in [0, 0.1) is 37.1 Å². The molecule has 0 bridgehead atoms. The van der Waals surface area contributed by atoms with Crippen molar-refractivity contribution in [1.29, 1.82) is 0 Å². The molecule has 0 aliphatic heterocycles. The number of aliphatic hydroxyl groups is 2. The third kappa shape index (κ3) is 9.00. The van der Waals surface area contributed by atoms with Crippen molar-refractivity contribution in [2.24, 2.45) is 0 Å². The van der Waals surface area contributed by atoms with Crippen molar-refractivity contribution in [3.63, 3.8) is 0 Å². The van der Waals surface area contributed by atoms with E-state index in [1.54, 1.807) is 25.1 Å². The molecular formula is C26H24BBrF4N2O4. The molecule has 0 spiro atoms. The molecule has 2 aromatic heterocycles. The highest BCUT2D eigenvalue weighted by molar-refractivity contribution is 9.10. The van der Waals surface area contributed by atoms with E-state index in [2.05, 4.69) is 25.9 Å². The first-order valence-corrected chi connectivity index (χ1v) is 11.8. The number of pyridine rings is 2. The van der Waals surface area contributed by atoms with Gasteiger partial charge in [0.25, 0.3) is 0 Å². The molecule has 4 rings (SSSR count). The fourth-order valence-corrected chi connectivity index (χ4v) is 3.31. The lowest BCUT2D eigenvalue weighted by atomic mass is 9.79. The maximum atomic E-state index is 13.6. The van der Waals surface area contributed by atoms with E-state index in [9.17, 15) is 17.6 Å². The summed E-state index contributed by atoms with van der Waals surface area (Å²) in [6.45, 7) is 2.75. The molecule has 0 saturated heterocycles. The van der Waals surface area contributed by atoms with Gasteiger partial charge in [-0.1, -0.05) is 29.3 Å². The Morgan fingerprint density at radius 1 is 0.711 bits per heavy atom. The topological polar surface area (TPSA) is 107 Å². The minimum atomic E-state index is -1.73. The Kier molecular flexibility index (Phi) is 12.0. The van der Waals surface area contributed by atoms with Gasteiger partial charge in [-0.05, 0) is 60.1 Å². The number of nitrogens with zero attached hydrogens (tertiary/aromatic N) is 2. The van der Waals surface area contributed by atoms with Crippen LogP contribution in [0.3, 0.4) is 0 Å². The average molecular weight is 595 g/mol. The molecule has 2 heterocycles. The lowest BCUT2D eigenvalue weighted by Crippen LogP contribution is -2.32. The van der Waals surface area contributed by atoms with Gasteiger partial charge in [0.1, 0.15) is 34.7 Å². The minimum absolute atomic E-state index is 0.0400. The first-order chi connectivity index (χ1) is 18.0. The molecule has 12 heteroatoms. The zero-order chi connectivity index (χ0) is 28.4. The summed E-state index contributed by atoms with van der Waals surface area (Å²) < 4.78 is 52.9. The molecule has 6 nitrogen and oxygen atoms in total. The average Bonchev–Trinajstić information content (AvgIpc) is 2.87. The lowest BCUT2D eigenvalue weighted by Gasteiger charge is -2.06. The zero-order valence-corrected chi connectivity index (χ0v) is 21.9. The van der Waals surface area contributed by atoms with Crippen molar-refractivity contribution >= 4 is 28.5 Å². The first kappa shape index (κ1) is 31.1. The van der Waals surface area contributed by atoms with E-state index in [0.29, 0.717) is 15.6 Å². The SMILES string of the molecule is Cc1ccc(F)c(-c2cnc(CO)c(F)c2)c1.Cc1ccc(F)c(B(O)O)c1.OCc1ncc(Br)cc1F. The number of hydrogen-bond acceptors (Lipinski definition) is 6.